The Kier molecular flexibility index (Phi) is 4.90. The fourth-order valence-corrected chi connectivity index (χ4v) is 3.24. The second-order valence-electron chi connectivity index (χ2n) is 3.75. The van der Waals surface area contributed by atoms with Crippen molar-refractivity contribution in [2.45, 2.75) is 22.4 Å². The van der Waals surface area contributed by atoms with Crippen LogP contribution < -0.4 is 5.73 Å². The lowest BCUT2D eigenvalue weighted by Gasteiger charge is -2.11. The number of rotatable bonds is 4. The molecular formula is C12H13ClN4S2. The minimum atomic E-state index is 0.0604. The molecule has 7 heteroatoms. The lowest BCUT2D eigenvalue weighted by molar-refractivity contribution is 0.888. The number of nitrogens with two attached hydrogens (primary N) is 1. The summed E-state index contributed by atoms with van der Waals surface area (Å²) in [5.41, 5.74) is 6.58. The van der Waals surface area contributed by atoms with Crippen LogP contribution in [0.1, 0.15) is 17.9 Å². The van der Waals surface area contributed by atoms with Gasteiger partial charge in [-0.2, -0.15) is 0 Å². The highest BCUT2D eigenvalue weighted by molar-refractivity contribution is 7.99. The first-order chi connectivity index (χ1) is 9.10. The third-order valence-corrected chi connectivity index (χ3v) is 4.28. The van der Waals surface area contributed by atoms with Gasteiger partial charge >= 0.3 is 0 Å². The molecule has 0 bridgehead atoms. The van der Waals surface area contributed by atoms with Crippen LogP contribution in [0.4, 0.5) is 5.82 Å². The van der Waals surface area contributed by atoms with Gasteiger partial charge in [-0.3, -0.25) is 4.98 Å². The van der Waals surface area contributed by atoms with Crippen molar-refractivity contribution in [3.8, 4) is 0 Å². The van der Waals surface area contributed by atoms with Crippen molar-refractivity contribution in [3.63, 3.8) is 0 Å². The molecule has 0 aromatic carbocycles. The SMILES string of the molecule is CSc1cc(N)nc(SC(C)c2ncccc2Cl)n1. The van der Waals surface area contributed by atoms with Crippen LogP contribution in [-0.2, 0) is 0 Å². The quantitative estimate of drug-likeness (QED) is 0.528. The molecule has 1 atom stereocenters. The van der Waals surface area contributed by atoms with Gasteiger partial charge in [0.15, 0.2) is 5.16 Å². The molecule has 0 amide bonds. The van der Waals surface area contributed by atoms with E-state index < -0.39 is 0 Å². The zero-order valence-electron chi connectivity index (χ0n) is 10.5. The standard InChI is InChI=1S/C12H13ClN4S2/c1-7(11-8(13)4-3-5-15-11)19-12-16-9(14)6-10(17-12)18-2/h3-7H,1-2H3,(H2,14,16,17). The molecular weight excluding hydrogens is 300 g/mol. The Bertz CT molecular complexity index is 579. The average molecular weight is 313 g/mol. The van der Waals surface area contributed by atoms with E-state index in [9.17, 15) is 0 Å². The second kappa shape index (κ2) is 6.45. The molecule has 0 fully saturated rings. The first-order valence-corrected chi connectivity index (χ1v) is 8.04. The second-order valence-corrected chi connectivity index (χ2v) is 6.29. The fourth-order valence-electron chi connectivity index (χ4n) is 1.49. The van der Waals surface area contributed by atoms with Crippen molar-refractivity contribution in [2.75, 3.05) is 12.0 Å². The van der Waals surface area contributed by atoms with Gasteiger partial charge in [-0.25, -0.2) is 9.97 Å². The summed E-state index contributed by atoms with van der Waals surface area (Å²) in [5.74, 6) is 0.473. The van der Waals surface area contributed by atoms with Gasteiger partial charge in [-0.05, 0) is 25.3 Å². The summed E-state index contributed by atoms with van der Waals surface area (Å²) in [6.45, 7) is 2.02. The first-order valence-electron chi connectivity index (χ1n) is 5.55. The first kappa shape index (κ1) is 14.4. The number of nitrogens with zero attached hydrogens (tertiary/aromatic N) is 3. The van der Waals surface area contributed by atoms with E-state index in [0.29, 0.717) is 16.0 Å². The summed E-state index contributed by atoms with van der Waals surface area (Å²) >= 11 is 9.16. The smallest absolute Gasteiger partial charge is 0.191 e. The Morgan fingerprint density at radius 2 is 2.16 bits per heavy atom. The van der Waals surface area contributed by atoms with Gasteiger partial charge in [0.25, 0.3) is 0 Å². The van der Waals surface area contributed by atoms with Gasteiger partial charge in [0.05, 0.1) is 16.0 Å². The number of thioether (sulfide) groups is 2. The van der Waals surface area contributed by atoms with Crippen LogP contribution in [0.5, 0.6) is 0 Å². The van der Waals surface area contributed by atoms with Crippen LogP contribution in [0.3, 0.4) is 0 Å². The number of aromatic nitrogens is 3. The summed E-state index contributed by atoms with van der Waals surface area (Å²) < 4.78 is 0. The zero-order valence-corrected chi connectivity index (χ0v) is 12.9. The zero-order chi connectivity index (χ0) is 13.8. The molecule has 2 heterocycles. The van der Waals surface area contributed by atoms with Crippen LogP contribution in [0, 0.1) is 0 Å². The lowest BCUT2D eigenvalue weighted by atomic mass is 10.3. The van der Waals surface area contributed by atoms with E-state index in [2.05, 4.69) is 15.0 Å². The van der Waals surface area contributed by atoms with Gasteiger partial charge in [0, 0.05) is 12.3 Å². The van der Waals surface area contributed by atoms with Gasteiger partial charge in [-0.1, -0.05) is 23.4 Å². The molecule has 2 rings (SSSR count). The summed E-state index contributed by atoms with van der Waals surface area (Å²) in [5, 5.41) is 2.20. The molecule has 2 aromatic rings. The molecule has 2 N–H and O–H groups in total. The van der Waals surface area contributed by atoms with Gasteiger partial charge < -0.3 is 5.73 Å². The maximum Gasteiger partial charge on any atom is 0.191 e. The van der Waals surface area contributed by atoms with E-state index in [1.54, 1.807) is 12.3 Å². The molecule has 0 saturated carbocycles. The topological polar surface area (TPSA) is 64.7 Å². The van der Waals surface area contributed by atoms with Crippen molar-refractivity contribution >= 4 is 40.9 Å². The number of halogens is 1. The molecule has 100 valence electrons. The van der Waals surface area contributed by atoms with Crippen LogP contribution >= 0.6 is 35.1 Å². The monoisotopic (exact) mass is 312 g/mol. The van der Waals surface area contributed by atoms with Gasteiger partial charge in [0.2, 0.25) is 0 Å². The highest BCUT2D eigenvalue weighted by Crippen LogP contribution is 2.35. The van der Waals surface area contributed by atoms with Crippen LogP contribution in [0.15, 0.2) is 34.6 Å². The highest BCUT2D eigenvalue weighted by Gasteiger charge is 2.14. The van der Waals surface area contributed by atoms with E-state index >= 15 is 0 Å². The molecule has 0 spiro atoms. The van der Waals surface area contributed by atoms with E-state index in [1.807, 2.05) is 25.3 Å². The minimum absolute atomic E-state index is 0.0604. The maximum absolute atomic E-state index is 6.13. The third-order valence-electron chi connectivity index (χ3n) is 2.37. The number of pyridine rings is 1. The Hall–Kier alpha value is -0.980. The van der Waals surface area contributed by atoms with Gasteiger partial charge in [0.1, 0.15) is 10.8 Å². The molecule has 19 heavy (non-hydrogen) atoms. The lowest BCUT2D eigenvalue weighted by Crippen LogP contribution is -1.99. The van der Waals surface area contributed by atoms with E-state index in [1.165, 1.54) is 23.5 Å². The van der Waals surface area contributed by atoms with Crippen molar-refractivity contribution in [3.05, 3.63) is 35.1 Å². The van der Waals surface area contributed by atoms with Crippen molar-refractivity contribution in [1.82, 2.24) is 15.0 Å². The summed E-state index contributed by atoms with van der Waals surface area (Å²) in [6, 6.07) is 5.40. The predicted molar refractivity (Wildman–Crippen MR) is 81.7 cm³/mol. The van der Waals surface area contributed by atoms with Crippen molar-refractivity contribution < 1.29 is 0 Å². The third kappa shape index (κ3) is 3.75. The van der Waals surface area contributed by atoms with E-state index in [-0.39, 0.29) is 5.25 Å². The normalized spacial score (nSPS) is 12.4. The molecule has 0 saturated heterocycles. The number of hydrogen-bond donors (Lipinski definition) is 1. The molecule has 2 aromatic heterocycles. The predicted octanol–water partition coefficient (Wildman–Crippen LogP) is 3.68. The largest absolute Gasteiger partial charge is 0.384 e. The molecule has 0 radical (unpaired) electrons. The molecule has 1 unspecified atom stereocenters. The highest BCUT2D eigenvalue weighted by atomic mass is 35.5. The number of anilines is 1. The van der Waals surface area contributed by atoms with Crippen LogP contribution in [0.25, 0.3) is 0 Å². The average Bonchev–Trinajstić information content (AvgIpc) is 2.38. The molecule has 0 aliphatic rings. The summed E-state index contributed by atoms with van der Waals surface area (Å²) in [6.07, 6.45) is 3.68. The maximum atomic E-state index is 6.13. The fraction of sp³-hybridized carbons (Fsp3) is 0.250. The number of nitrogen functional groups attached to an aromatic ring is 1. The Morgan fingerprint density at radius 3 is 2.84 bits per heavy atom. The van der Waals surface area contributed by atoms with Crippen LogP contribution in [-0.4, -0.2) is 21.2 Å². The van der Waals surface area contributed by atoms with Crippen molar-refractivity contribution in [1.29, 1.82) is 0 Å². The van der Waals surface area contributed by atoms with E-state index in [4.69, 9.17) is 17.3 Å². The van der Waals surface area contributed by atoms with Crippen LogP contribution in [0.2, 0.25) is 5.02 Å². The Morgan fingerprint density at radius 1 is 1.37 bits per heavy atom. The van der Waals surface area contributed by atoms with Gasteiger partial charge in [-0.15, -0.1) is 11.8 Å². The minimum Gasteiger partial charge on any atom is -0.384 e. The summed E-state index contributed by atoms with van der Waals surface area (Å²) in [7, 11) is 0. The van der Waals surface area contributed by atoms with E-state index in [0.717, 1.165) is 10.7 Å². The Balaban J connectivity index is 2.21. The molecule has 4 nitrogen and oxygen atoms in total. The van der Waals surface area contributed by atoms with Crippen molar-refractivity contribution in [2.24, 2.45) is 0 Å². The Labute approximate surface area is 125 Å². The number of hydrogen-bond acceptors (Lipinski definition) is 6. The summed E-state index contributed by atoms with van der Waals surface area (Å²) in [4.78, 5) is 12.9. The molecule has 0 aliphatic carbocycles. The molecule has 0 aliphatic heterocycles.